The molecule has 0 saturated heterocycles. The average Bonchev–Trinajstić information content (AvgIpc) is 3.04. The van der Waals surface area contributed by atoms with E-state index < -0.39 is 0 Å². The summed E-state index contributed by atoms with van der Waals surface area (Å²) in [6.45, 7) is 10.3. The van der Waals surface area contributed by atoms with Crippen LogP contribution in [-0.4, -0.2) is 16.8 Å². The predicted octanol–water partition coefficient (Wildman–Crippen LogP) is 6.05. The number of thiazole rings is 1. The lowest BCUT2D eigenvalue weighted by atomic mass is 10.0. The van der Waals surface area contributed by atoms with Gasteiger partial charge in [0.2, 0.25) is 5.13 Å². The van der Waals surface area contributed by atoms with Gasteiger partial charge in [0.05, 0.1) is 11.9 Å². The van der Waals surface area contributed by atoms with Gasteiger partial charge in [0.15, 0.2) is 0 Å². The molecule has 1 N–H and O–H groups in total. The Bertz CT molecular complexity index is 937. The lowest BCUT2D eigenvalue weighted by molar-refractivity contribution is 0.131. The molecule has 2 aromatic carbocycles. The van der Waals surface area contributed by atoms with Gasteiger partial charge in [-0.2, -0.15) is 5.10 Å². The maximum absolute atomic E-state index is 5.82. The maximum atomic E-state index is 5.82. The molecule has 1 heterocycles. The standard InChI is InChI=1S/C22H25N3OS/c1-15-6-11-19(16(2)12-15)20-14-27-21(24-20)25-23-13-17-7-9-18(10-8-17)26-22(3,4)5/h6-14H,1-5H3,(H,24,25)/b23-13-. The van der Waals surface area contributed by atoms with Crippen LogP contribution in [0.2, 0.25) is 0 Å². The van der Waals surface area contributed by atoms with Gasteiger partial charge in [-0.25, -0.2) is 4.98 Å². The number of aromatic nitrogens is 1. The van der Waals surface area contributed by atoms with Crippen LogP contribution in [-0.2, 0) is 0 Å². The lowest BCUT2D eigenvalue weighted by Crippen LogP contribution is -2.22. The first-order valence-electron chi connectivity index (χ1n) is 8.91. The van der Waals surface area contributed by atoms with E-state index in [9.17, 15) is 0 Å². The van der Waals surface area contributed by atoms with Crippen LogP contribution in [0.25, 0.3) is 11.3 Å². The number of benzene rings is 2. The first kappa shape index (κ1) is 19.1. The third-order valence-electron chi connectivity index (χ3n) is 3.84. The molecular formula is C22H25N3OS. The van der Waals surface area contributed by atoms with Crippen LogP contribution in [0.4, 0.5) is 5.13 Å². The largest absolute Gasteiger partial charge is 0.488 e. The highest BCUT2D eigenvalue weighted by atomic mass is 32.1. The van der Waals surface area contributed by atoms with Gasteiger partial charge in [0, 0.05) is 10.9 Å². The molecule has 0 atom stereocenters. The number of hydrazone groups is 1. The van der Waals surface area contributed by atoms with Crippen molar-refractivity contribution in [1.29, 1.82) is 0 Å². The summed E-state index contributed by atoms with van der Waals surface area (Å²) in [5.41, 5.74) is 8.42. The highest BCUT2D eigenvalue weighted by molar-refractivity contribution is 7.14. The van der Waals surface area contributed by atoms with Crippen molar-refractivity contribution in [2.24, 2.45) is 5.10 Å². The van der Waals surface area contributed by atoms with Gasteiger partial charge in [-0.3, -0.25) is 5.43 Å². The molecule has 0 unspecified atom stereocenters. The van der Waals surface area contributed by atoms with Crippen LogP contribution in [0.5, 0.6) is 5.75 Å². The number of nitrogens with one attached hydrogen (secondary N) is 1. The van der Waals surface area contributed by atoms with E-state index in [1.54, 1.807) is 17.6 Å². The van der Waals surface area contributed by atoms with E-state index >= 15 is 0 Å². The summed E-state index contributed by atoms with van der Waals surface area (Å²) in [6, 6.07) is 14.3. The number of nitrogens with zero attached hydrogens (tertiary/aromatic N) is 2. The Morgan fingerprint density at radius 3 is 2.48 bits per heavy atom. The highest BCUT2D eigenvalue weighted by Crippen LogP contribution is 2.28. The smallest absolute Gasteiger partial charge is 0.203 e. The summed E-state index contributed by atoms with van der Waals surface area (Å²) in [5.74, 6) is 0.852. The van der Waals surface area contributed by atoms with Crippen molar-refractivity contribution >= 4 is 22.7 Å². The van der Waals surface area contributed by atoms with E-state index in [0.29, 0.717) is 0 Å². The van der Waals surface area contributed by atoms with E-state index in [1.807, 2.05) is 50.4 Å². The maximum Gasteiger partial charge on any atom is 0.203 e. The molecule has 1 aromatic heterocycles. The fourth-order valence-electron chi connectivity index (χ4n) is 2.69. The SMILES string of the molecule is Cc1ccc(-c2csc(N/N=C\c3ccc(OC(C)(C)C)cc3)n2)c(C)c1. The summed E-state index contributed by atoms with van der Waals surface area (Å²) in [4.78, 5) is 4.63. The molecule has 0 saturated carbocycles. The quantitative estimate of drug-likeness (QED) is 0.433. The summed E-state index contributed by atoms with van der Waals surface area (Å²) in [6.07, 6.45) is 1.78. The topological polar surface area (TPSA) is 46.5 Å². The van der Waals surface area contributed by atoms with Gasteiger partial charge in [-0.1, -0.05) is 23.8 Å². The van der Waals surface area contributed by atoms with E-state index in [0.717, 1.165) is 27.7 Å². The number of ether oxygens (including phenoxy) is 1. The Kier molecular flexibility index (Phi) is 5.61. The Hall–Kier alpha value is -2.66. The fourth-order valence-corrected chi connectivity index (χ4v) is 3.35. The zero-order valence-corrected chi connectivity index (χ0v) is 17.2. The van der Waals surface area contributed by atoms with Crippen LogP contribution in [0.1, 0.15) is 37.5 Å². The van der Waals surface area contributed by atoms with Crippen LogP contribution < -0.4 is 10.2 Å². The summed E-state index contributed by atoms with van der Waals surface area (Å²) in [7, 11) is 0. The minimum absolute atomic E-state index is 0.199. The molecule has 0 radical (unpaired) electrons. The second-order valence-electron chi connectivity index (χ2n) is 7.51. The minimum atomic E-state index is -0.199. The normalized spacial score (nSPS) is 11.7. The molecule has 0 aliphatic carbocycles. The second kappa shape index (κ2) is 7.92. The molecule has 0 fully saturated rings. The fraction of sp³-hybridized carbons (Fsp3) is 0.273. The van der Waals surface area contributed by atoms with E-state index in [1.165, 1.54) is 11.1 Å². The number of hydrogen-bond donors (Lipinski definition) is 1. The van der Waals surface area contributed by atoms with Crippen molar-refractivity contribution in [2.45, 2.75) is 40.2 Å². The Morgan fingerprint density at radius 1 is 1.07 bits per heavy atom. The zero-order chi connectivity index (χ0) is 19.4. The Labute approximate surface area is 164 Å². The summed E-state index contributed by atoms with van der Waals surface area (Å²) in [5, 5.41) is 7.11. The van der Waals surface area contributed by atoms with Gasteiger partial charge in [0.1, 0.15) is 11.4 Å². The van der Waals surface area contributed by atoms with E-state index in [4.69, 9.17) is 4.74 Å². The molecule has 0 aliphatic rings. The van der Waals surface area contributed by atoms with Gasteiger partial charge in [0.25, 0.3) is 0 Å². The Balaban J connectivity index is 1.63. The summed E-state index contributed by atoms with van der Waals surface area (Å²) < 4.78 is 5.82. The second-order valence-corrected chi connectivity index (χ2v) is 8.37. The minimum Gasteiger partial charge on any atom is -0.488 e. The van der Waals surface area contributed by atoms with Crippen molar-refractivity contribution in [1.82, 2.24) is 4.98 Å². The first-order chi connectivity index (χ1) is 12.8. The van der Waals surface area contributed by atoms with Gasteiger partial charge >= 0.3 is 0 Å². The summed E-state index contributed by atoms with van der Waals surface area (Å²) >= 11 is 1.55. The highest BCUT2D eigenvalue weighted by Gasteiger charge is 2.11. The molecule has 140 valence electrons. The van der Waals surface area contributed by atoms with Crippen molar-refractivity contribution in [3.8, 4) is 17.0 Å². The van der Waals surface area contributed by atoms with Gasteiger partial charge < -0.3 is 4.74 Å². The number of hydrogen-bond acceptors (Lipinski definition) is 5. The van der Waals surface area contributed by atoms with E-state index in [-0.39, 0.29) is 5.60 Å². The lowest BCUT2D eigenvalue weighted by Gasteiger charge is -2.21. The molecule has 0 amide bonds. The molecule has 0 aliphatic heterocycles. The first-order valence-corrected chi connectivity index (χ1v) is 9.79. The molecule has 3 rings (SSSR count). The van der Waals surface area contributed by atoms with Crippen LogP contribution in [0.15, 0.2) is 52.9 Å². The zero-order valence-electron chi connectivity index (χ0n) is 16.4. The number of rotatable bonds is 5. The molecule has 4 nitrogen and oxygen atoms in total. The van der Waals surface area contributed by atoms with Crippen molar-refractivity contribution < 1.29 is 4.74 Å². The van der Waals surface area contributed by atoms with Crippen LogP contribution in [0, 0.1) is 13.8 Å². The third kappa shape index (κ3) is 5.41. The molecule has 5 heteroatoms. The van der Waals surface area contributed by atoms with E-state index in [2.05, 4.69) is 47.6 Å². The molecule has 0 spiro atoms. The molecule has 27 heavy (non-hydrogen) atoms. The molecular weight excluding hydrogens is 354 g/mol. The molecule has 0 bridgehead atoms. The van der Waals surface area contributed by atoms with Crippen molar-refractivity contribution in [2.75, 3.05) is 5.43 Å². The van der Waals surface area contributed by atoms with Gasteiger partial charge in [-0.05, 0) is 70.0 Å². The third-order valence-corrected chi connectivity index (χ3v) is 4.59. The van der Waals surface area contributed by atoms with Crippen LogP contribution in [0.3, 0.4) is 0 Å². The average molecular weight is 380 g/mol. The van der Waals surface area contributed by atoms with Gasteiger partial charge in [-0.15, -0.1) is 11.3 Å². The van der Waals surface area contributed by atoms with Crippen molar-refractivity contribution in [3.63, 3.8) is 0 Å². The van der Waals surface area contributed by atoms with Crippen molar-refractivity contribution in [3.05, 3.63) is 64.5 Å². The monoisotopic (exact) mass is 379 g/mol. The molecule has 3 aromatic rings. The Morgan fingerprint density at radius 2 is 1.81 bits per heavy atom. The number of anilines is 1. The van der Waals surface area contributed by atoms with Crippen LogP contribution >= 0.6 is 11.3 Å². The predicted molar refractivity (Wildman–Crippen MR) is 115 cm³/mol. The number of aryl methyl sites for hydroxylation is 2.